The molecule has 286 valence electrons. The Hall–Kier alpha value is -8.14. The van der Waals surface area contributed by atoms with Gasteiger partial charge in [-0.25, -0.2) is 0 Å². The normalized spacial score (nSPS) is 11.6. The van der Waals surface area contributed by atoms with Gasteiger partial charge >= 0.3 is 0 Å². The summed E-state index contributed by atoms with van der Waals surface area (Å²) in [5, 5.41) is 7.02. The third-order valence-electron chi connectivity index (χ3n) is 12.2. The fourth-order valence-corrected chi connectivity index (χ4v) is 9.49. The van der Waals surface area contributed by atoms with E-state index >= 15 is 0 Å². The number of furan rings is 1. The predicted molar refractivity (Wildman–Crippen MR) is 257 cm³/mol. The summed E-state index contributed by atoms with van der Waals surface area (Å²) in [6.45, 7) is 0. The zero-order chi connectivity index (χ0) is 40.3. The highest BCUT2D eigenvalue weighted by atomic mass is 16.3. The Morgan fingerprint density at radius 3 is 1.69 bits per heavy atom. The van der Waals surface area contributed by atoms with Crippen molar-refractivity contribution >= 4 is 71.6 Å². The molecule has 0 aliphatic carbocycles. The number of nitrogens with zero attached hydrogens (tertiary/aromatic N) is 2. The van der Waals surface area contributed by atoms with Crippen LogP contribution in [0, 0.1) is 0 Å². The monoisotopic (exact) mass is 778 g/mol. The first-order valence-electron chi connectivity index (χ1n) is 20.8. The van der Waals surface area contributed by atoms with E-state index in [-0.39, 0.29) is 0 Å². The molecule has 3 nitrogen and oxygen atoms in total. The van der Waals surface area contributed by atoms with Crippen molar-refractivity contribution in [1.29, 1.82) is 0 Å². The fourth-order valence-electron chi connectivity index (χ4n) is 9.49. The van der Waals surface area contributed by atoms with Crippen molar-refractivity contribution in [2.75, 3.05) is 4.90 Å². The van der Waals surface area contributed by atoms with E-state index in [4.69, 9.17) is 4.42 Å². The van der Waals surface area contributed by atoms with Gasteiger partial charge in [-0.2, -0.15) is 0 Å². The lowest BCUT2D eigenvalue weighted by Crippen LogP contribution is -2.11. The summed E-state index contributed by atoms with van der Waals surface area (Å²) in [6.07, 6.45) is 0. The number of para-hydroxylation sites is 3. The van der Waals surface area contributed by atoms with Crippen molar-refractivity contribution < 1.29 is 4.42 Å². The van der Waals surface area contributed by atoms with Gasteiger partial charge in [-0.1, -0.05) is 164 Å². The molecule has 0 aliphatic heterocycles. The third-order valence-corrected chi connectivity index (χ3v) is 12.2. The van der Waals surface area contributed by atoms with Crippen molar-refractivity contribution in [3.8, 4) is 39.1 Å². The van der Waals surface area contributed by atoms with E-state index in [2.05, 4.69) is 228 Å². The molecule has 2 heterocycles. The predicted octanol–water partition coefficient (Wildman–Crippen LogP) is 16.3. The maximum Gasteiger partial charge on any atom is 0.135 e. The molecule has 0 bridgehead atoms. The molecule has 3 heteroatoms. The number of aromatic nitrogens is 1. The van der Waals surface area contributed by atoms with Crippen molar-refractivity contribution in [1.82, 2.24) is 4.57 Å². The quantitative estimate of drug-likeness (QED) is 0.161. The van der Waals surface area contributed by atoms with Crippen LogP contribution in [0.15, 0.2) is 235 Å². The van der Waals surface area contributed by atoms with Gasteiger partial charge in [-0.15, -0.1) is 0 Å². The van der Waals surface area contributed by atoms with Crippen LogP contribution in [0.25, 0.3) is 93.6 Å². The second-order valence-electron chi connectivity index (χ2n) is 15.6. The van der Waals surface area contributed by atoms with Crippen molar-refractivity contribution in [2.45, 2.75) is 0 Å². The summed E-state index contributed by atoms with van der Waals surface area (Å²) in [6, 6.07) is 83.0. The van der Waals surface area contributed by atoms with Crippen LogP contribution in [0.2, 0.25) is 0 Å². The van der Waals surface area contributed by atoms with Crippen LogP contribution in [-0.2, 0) is 0 Å². The lowest BCUT2D eigenvalue weighted by atomic mass is 9.92. The Labute approximate surface area is 353 Å². The number of rotatable bonds is 7. The topological polar surface area (TPSA) is 21.3 Å². The van der Waals surface area contributed by atoms with E-state index in [9.17, 15) is 0 Å². The summed E-state index contributed by atoms with van der Waals surface area (Å²) in [7, 11) is 0. The minimum Gasteiger partial charge on any atom is -0.456 e. The Balaban J connectivity index is 1.12. The molecule has 0 radical (unpaired) electrons. The summed E-state index contributed by atoms with van der Waals surface area (Å²) in [4.78, 5) is 2.43. The first-order chi connectivity index (χ1) is 30.3. The van der Waals surface area contributed by atoms with Gasteiger partial charge in [-0.05, 0) is 105 Å². The van der Waals surface area contributed by atoms with Gasteiger partial charge < -0.3 is 13.9 Å². The van der Waals surface area contributed by atoms with Gasteiger partial charge in [0.15, 0.2) is 0 Å². The third kappa shape index (κ3) is 5.74. The van der Waals surface area contributed by atoms with E-state index in [1.165, 1.54) is 60.6 Å². The second-order valence-corrected chi connectivity index (χ2v) is 15.6. The van der Waals surface area contributed by atoms with Crippen molar-refractivity contribution in [3.05, 3.63) is 231 Å². The van der Waals surface area contributed by atoms with E-state index in [0.717, 1.165) is 50.1 Å². The van der Waals surface area contributed by atoms with E-state index in [0.29, 0.717) is 0 Å². The van der Waals surface area contributed by atoms with Gasteiger partial charge in [-0.3, -0.25) is 0 Å². The summed E-state index contributed by atoms with van der Waals surface area (Å²) in [5.74, 6) is 0. The van der Waals surface area contributed by atoms with Gasteiger partial charge in [0.1, 0.15) is 11.2 Å². The largest absolute Gasteiger partial charge is 0.456 e. The molecular weight excluding hydrogens is 741 g/mol. The molecule has 0 unspecified atom stereocenters. The summed E-state index contributed by atoms with van der Waals surface area (Å²) < 4.78 is 8.75. The highest BCUT2D eigenvalue weighted by Crippen LogP contribution is 2.47. The average Bonchev–Trinajstić information content (AvgIpc) is 3.88. The Morgan fingerprint density at radius 1 is 0.328 bits per heavy atom. The van der Waals surface area contributed by atoms with E-state index in [1.54, 1.807) is 0 Å². The Kier molecular flexibility index (Phi) is 8.17. The number of fused-ring (bicyclic) bond motifs is 7. The van der Waals surface area contributed by atoms with Crippen molar-refractivity contribution in [2.24, 2.45) is 0 Å². The number of anilines is 3. The Bertz CT molecular complexity index is 3580. The average molecular weight is 779 g/mol. The molecule has 12 aromatic rings. The molecule has 0 spiro atoms. The van der Waals surface area contributed by atoms with Crippen molar-refractivity contribution in [3.63, 3.8) is 0 Å². The molecule has 10 aromatic carbocycles. The maximum absolute atomic E-state index is 6.35. The molecule has 0 atom stereocenters. The highest BCUT2D eigenvalue weighted by molar-refractivity contribution is 6.19. The first kappa shape index (κ1) is 34.9. The summed E-state index contributed by atoms with van der Waals surface area (Å²) in [5.41, 5.74) is 15.6. The molecule has 0 N–H and O–H groups in total. The Morgan fingerprint density at radius 2 is 0.902 bits per heavy atom. The smallest absolute Gasteiger partial charge is 0.135 e. The van der Waals surface area contributed by atoms with Crippen LogP contribution >= 0.6 is 0 Å². The fraction of sp³-hybridized carbons (Fsp3) is 0. The lowest BCUT2D eigenvalue weighted by molar-refractivity contribution is 0.669. The summed E-state index contributed by atoms with van der Waals surface area (Å²) >= 11 is 0. The molecule has 12 rings (SSSR count). The van der Waals surface area contributed by atoms with E-state index < -0.39 is 0 Å². The van der Waals surface area contributed by atoms with Gasteiger partial charge in [0.2, 0.25) is 0 Å². The molecular formula is C58H38N2O. The first-order valence-corrected chi connectivity index (χ1v) is 20.8. The van der Waals surface area contributed by atoms with Crippen LogP contribution in [0.3, 0.4) is 0 Å². The molecule has 0 aliphatic rings. The zero-order valence-electron chi connectivity index (χ0n) is 33.2. The van der Waals surface area contributed by atoms with Crippen LogP contribution in [-0.4, -0.2) is 4.57 Å². The lowest BCUT2D eigenvalue weighted by Gasteiger charge is -2.28. The maximum atomic E-state index is 6.35. The number of hydrogen-bond acceptors (Lipinski definition) is 2. The SMILES string of the molecule is c1ccc(-c2ccc(N(c3ccc4oc5ccccc5c4c3)c3ccc(-c4cccc5c4c4ccccc4n5-c4ccccc4)c4ccccc34)cc2-c2ccccc2)cc1. The molecule has 0 saturated heterocycles. The van der Waals surface area contributed by atoms with Crippen LogP contribution in [0.4, 0.5) is 17.1 Å². The molecule has 2 aromatic heterocycles. The van der Waals surface area contributed by atoms with Gasteiger partial charge in [0.05, 0.1) is 16.7 Å². The van der Waals surface area contributed by atoms with Crippen LogP contribution < -0.4 is 4.90 Å². The number of hydrogen-bond donors (Lipinski definition) is 0. The molecule has 0 saturated carbocycles. The standard InChI is InChI=1S/C58H38N2O/c1-4-17-39(18-5-1)44-33-31-42(37-51(44)40-19-6-2-7-20-40)59(43-32-36-57-52(38-43)48-25-13-15-30-56(48)61-57)54-35-34-46(45-23-10-11-24-47(45)54)49-27-16-29-55-58(49)50-26-12-14-28-53(50)60(55)41-21-8-3-9-22-41/h1-38H. The minimum absolute atomic E-state index is 0.872. The van der Waals surface area contributed by atoms with Crippen LogP contribution in [0.1, 0.15) is 0 Å². The molecule has 0 amide bonds. The second kappa shape index (κ2) is 14.3. The zero-order valence-corrected chi connectivity index (χ0v) is 33.2. The molecule has 0 fully saturated rings. The molecule has 61 heavy (non-hydrogen) atoms. The van der Waals surface area contributed by atoms with Gasteiger partial charge in [0.25, 0.3) is 0 Å². The number of benzene rings is 10. The minimum atomic E-state index is 0.872. The van der Waals surface area contributed by atoms with Crippen LogP contribution in [0.5, 0.6) is 0 Å². The highest BCUT2D eigenvalue weighted by Gasteiger charge is 2.23. The van der Waals surface area contributed by atoms with E-state index in [1.807, 2.05) is 12.1 Å². The van der Waals surface area contributed by atoms with Gasteiger partial charge in [0, 0.05) is 44.0 Å².